The fourth-order valence-corrected chi connectivity index (χ4v) is 6.71. The molecule has 4 atom stereocenters. The number of anilines is 1. The summed E-state index contributed by atoms with van der Waals surface area (Å²) >= 11 is 12.3. The van der Waals surface area contributed by atoms with E-state index >= 15 is 8.78 Å². The third kappa shape index (κ3) is 9.96. The van der Waals surface area contributed by atoms with E-state index in [0.29, 0.717) is 13.2 Å². The average molecular weight is 793 g/mol. The summed E-state index contributed by atoms with van der Waals surface area (Å²) in [7, 11) is 2.83. The molecule has 12 nitrogen and oxygen atoms in total. The molecule has 3 aromatic rings. The van der Waals surface area contributed by atoms with Gasteiger partial charge in [-0.15, -0.1) is 0 Å². The maximum Gasteiger partial charge on any atom is 0.511 e. The highest BCUT2D eigenvalue weighted by molar-refractivity contribution is 6.31. The highest BCUT2D eigenvalue weighted by Gasteiger charge is 2.61. The van der Waals surface area contributed by atoms with Crippen LogP contribution in [0.25, 0.3) is 0 Å². The standard InChI is InChI=1S/C38H41Cl2F2N3O9/c1-37(2,3)19-30-38(20-43,25-11-10-23(39)18-27(25)41)31(24-7-6-8-26(40)32(24)42)33(45-30)34(46)44-28-12-9-22(17-29(28)50-5)35(47)53-21-54-36(48)52-16-15-51-14-13-49-4/h6-12,17-18,30-31,33,45H,13-16,19,21H2,1-5H3,(H,44,46)/t30-,31-,33+,38-/m0/s1. The van der Waals surface area contributed by atoms with Crippen molar-refractivity contribution >= 4 is 46.9 Å². The van der Waals surface area contributed by atoms with Gasteiger partial charge in [-0.05, 0) is 53.8 Å². The largest absolute Gasteiger partial charge is 0.511 e. The molecule has 1 heterocycles. The Hall–Kier alpha value is -4.52. The van der Waals surface area contributed by atoms with Crippen molar-refractivity contribution in [3.05, 3.63) is 93.0 Å². The Morgan fingerprint density at radius 3 is 2.37 bits per heavy atom. The lowest BCUT2D eigenvalue weighted by Gasteiger charge is -2.37. The number of hydrogen-bond donors (Lipinski definition) is 2. The van der Waals surface area contributed by atoms with Crippen molar-refractivity contribution in [1.82, 2.24) is 5.32 Å². The number of benzene rings is 3. The van der Waals surface area contributed by atoms with Gasteiger partial charge in [-0.2, -0.15) is 5.26 Å². The van der Waals surface area contributed by atoms with E-state index in [1.807, 2.05) is 20.8 Å². The minimum atomic E-state index is -1.83. The molecular formula is C38H41Cl2F2N3O9. The van der Waals surface area contributed by atoms with Crippen molar-refractivity contribution in [1.29, 1.82) is 5.26 Å². The van der Waals surface area contributed by atoms with E-state index < -0.39 is 65.3 Å². The highest BCUT2D eigenvalue weighted by Crippen LogP contribution is 2.53. The lowest BCUT2D eigenvalue weighted by Crippen LogP contribution is -2.45. The predicted molar refractivity (Wildman–Crippen MR) is 195 cm³/mol. The fraction of sp³-hybridized carbons (Fsp3) is 0.421. The van der Waals surface area contributed by atoms with E-state index in [9.17, 15) is 19.6 Å². The number of esters is 1. The van der Waals surface area contributed by atoms with Crippen LogP contribution < -0.4 is 15.4 Å². The van der Waals surface area contributed by atoms with Crippen LogP contribution >= 0.6 is 23.2 Å². The van der Waals surface area contributed by atoms with Crippen LogP contribution in [-0.4, -0.2) is 77.6 Å². The monoisotopic (exact) mass is 791 g/mol. The molecule has 0 radical (unpaired) electrons. The molecule has 290 valence electrons. The first-order valence-corrected chi connectivity index (χ1v) is 17.5. The first-order valence-electron chi connectivity index (χ1n) is 16.8. The number of nitrogens with zero attached hydrogens (tertiary/aromatic N) is 1. The van der Waals surface area contributed by atoms with Crippen LogP contribution in [0.2, 0.25) is 10.0 Å². The molecule has 54 heavy (non-hydrogen) atoms. The second kappa shape index (κ2) is 18.7. The second-order valence-electron chi connectivity index (χ2n) is 13.5. The van der Waals surface area contributed by atoms with Gasteiger partial charge in [0, 0.05) is 29.7 Å². The molecule has 1 saturated heterocycles. The molecule has 1 amide bonds. The quantitative estimate of drug-likeness (QED) is 0.0915. The van der Waals surface area contributed by atoms with E-state index in [-0.39, 0.29) is 57.8 Å². The molecule has 0 saturated carbocycles. The molecular weight excluding hydrogens is 751 g/mol. The first-order chi connectivity index (χ1) is 25.7. The van der Waals surface area contributed by atoms with Crippen molar-refractivity contribution in [3.8, 4) is 11.8 Å². The van der Waals surface area contributed by atoms with E-state index in [4.69, 9.17) is 51.6 Å². The summed E-state index contributed by atoms with van der Waals surface area (Å²) in [6.45, 7) is 5.77. The van der Waals surface area contributed by atoms with Gasteiger partial charge in [0.15, 0.2) is 0 Å². The average Bonchev–Trinajstić information content (AvgIpc) is 3.43. The van der Waals surface area contributed by atoms with Crippen LogP contribution in [0.3, 0.4) is 0 Å². The molecule has 1 fully saturated rings. The summed E-state index contributed by atoms with van der Waals surface area (Å²) in [5.74, 6) is -4.53. The Labute approximate surface area is 321 Å². The van der Waals surface area contributed by atoms with E-state index in [2.05, 4.69) is 16.7 Å². The van der Waals surface area contributed by atoms with Gasteiger partial charge in [0.05, 0.1) is 55.3 Å². The van der Waals surface area contributed by atoms with Crippen LogP contribution in [-0.2, 0) is 33.9 Å². The Morgan fingerprint density at radius 2 is 1.70 bits per heavy atom. The Morgan fingerprint density at radius 1 is 0.963 bits per heavy atom. The molecule has 2 N–H and O–H groups in total. The smallest absolute Gasteiger partial charge is 0.495 e. The Kier molecular flexibility index (Phi) is 14.6. The van der Waals surface area contributed by atoms with Crippen molar-refractivity contribution < 1.29 is 51.6 Å². The third-order valence-corrected chi connectivity index (χ3v) is 9.20. The van der Waals surface area contributed by atoms with Gasteiger partial charge in [0.2, 0.25) is 12.7 Å². The van der Waals surface area contributed by atoms with Crippen LogP contribution in [0, 0.1) is 28.4 Å². The van der Waals surface area contributed by atoms with Crippen molar-refractivity contribution in [2.24, 2.45) is 5.41 Å². The molecule has 0 bridgehead atoms. The minimum absolute atomic E-state index is 0.0156. The van der Waals surface area contributed by atoms with Gasteiger partial charge in [-0.25, -0.2) is 18.4 Å². The Bertz CT molecular complexity index is 1870. The van der Waals surface area contributed by atoms with Crippen molar-refractivity contribution in [2.45, 2.75) is 50.6 Å². The summed E-state index contributed by atoms with van der Waals surface area (Å²) in [5, 5.41) is 16.9. The number of methoxy groups -OCH3 is 2. The molecule has 1 aliphatic heterocycles. The van der Waals surface area contributed by atoms with Gasteiger partial charge in [0.25, 0.3) is 0 Å². The summed E-state index contributed by atoms with van der Waals surface area (Å²) in [6.07, 6.45) is -0.801. The topological polar surface area (TPSA) is 154 Å². The van der Waals surface area contributed by atoms with E-state index in [1.165, 1.54) is 62.8 Å². The number of rotatable bonds is 15. The van der Waals surface area contributed by atoms with Gasteiger partial charge in [-0.1, -0.05) is 62.2 Å². The zero-order valence-corrected chi connectivity index (χ0v) is 31.8. The zero-order valence-electron chi connectivity index (χ0n) is 30.3. The normalized spacial score (nSPS) is 19.4. The number of halogens is 4. The summed E-state index contributed by atoms with van der Waals surface area (Å²) in [4.78, 5) is 38.8. The van der Waals surface area contributed by atoms with E-state index in [1.54, 1.807) is 0 Å². The van der Waals surface area contributed by atoms with Crippen LogP contribution in [0.1, 0.15) is 54.6 Å². The number of nitrogens with one attached hydrogen (secondary N) is 2. The molecule has 0 spiro atoms. The van der Waals surface area contributed by atoms with Gasteiger partial charge in [-0.3, -0.25) is 4.79 Å². The Balaban J connectivity index is 1.61. The number of nitriles is 1. The molecule has 4 rings (SSSR count). The van der Waals surface area contributed by atoms with Gasteiger partial charge in [0.1, 0.15) is 29.4 Å². The minimum Gasteiger partial charge on any atom is -0.495 e. The lowest BCUT2D eigenvalue weighted by molar-refractivity contribution is -0.118. The lowest BCUT2D eigenvalue weighted by atomic mass is 9.62. The fourth-order valence-electron chi connectivity index (χ4n) is 6.37. The molecule has 3 aromatic carbocycles. The summed E-state index contributed by atoms with van der Waals surface area (Å²) < 4.78 is 62.0. The van der Waals surface area contributed by atoms with Crippen LogP contribution in [0.15, 0.2) is 54.6 Å². The third-order valence-electron chi connectivity index (χ3n) is 8.67. The number of hydrogen-bond acceptors (Lipinski definition) is 11. The maximum atomic E-state index is 16.0. The number of ether oxygens (including phenoxy) is 6. The van der Waals surface area contributed by atoms with Gasteiger partial charge >= 0.3 is 12.1 Å². The number of carbonyl (C=O) groups is 3. The van der Waals surface area contributed by atoms with Gasteiger partial charge < -0.3 is 39.1 Å². The van der Waals surface area contributed by atoms with Crippen molar-refractivity contribution in [3.63, 3.8) is 0 Å². The summed E-state index contributed by atoms with van der Waals surface area (Å²) in [6, 6.07) is 12.2. The van der Waals surface area contributed by atoms with E-state index in [0.717, 1.165) is 6.07 Å². The van der Waals surface area contributed by atoms with Crippen LogP contribution in [0.4, 0.5) is 19.3 Å². The molecule has 0 aliphatic carbocycles. The second-order valence-corrected chi connectivity index (χ2v) is 14.3. The summed E-state index contributed by atoms with van der Waals surface area (Å²) in [5.41, 5.74) is -2.32. The predicted octanol–water partition coefficient (Wildman–Crippen LogP) is 7.17. The molecule has 16 heteroatoms. The zero-order chi connectivity index (χ0) is 39.6. The maximum absolute atomic E-state index is 16.0. The van der Waals surface area contributed by atoms with Crippen LogP contribution in [0.5, 0.6) is 5.75 Å². The SMILES string of the molecule is COCCOCCOC(=O)OCOC(=O)c1ccc(NC(=O)[C@@H]2N[C@@H](CC(C)(C)C)[C@](C#N)(c3ccc(Cl)cc3F)[C@H]2c2cccc(Cl)c2F)c(OC)c1. The molecule has 0 unspecified atom stereocenters. The highest BCUT2D eigenvalue weighted by atomic mass is 35.5. The first kappa shape index (κ1) is 42.2. The molecule has 1 aliphatic rings. The van der Waals surface area contributed by atoms with Crippen molar-refractivity contribution in [2.75, 3.05) is 52.8 Å². The number of amides is 1. The molecule has 0 aromatic heterocycles. The number of carbonyl (C=O) groups excluding carboxylic acids is 3.